The van der Waals surface area contributed by atoms with Crippen LogP contribution >= 0.6 is 11.8 Å². The number of thioether (sulfide) groups is 1. The lowest BCUT2D eigenvalue weighted by atomic mass is 10.1. The summed E-state index contributed by atoms with van der Waals surface area (Å²) in [4.78, 5) is 3.61. The number of nitrogens with one attached hydrogen (secondary N) is 1. The Balaban J connectivity index is 2.31. The second kappa shape index (κ2) is 7.93. The Labute approximate surface area is 123 Å². The molecule has 0 spiro atoms. The van der Waals surface area contributed by atoms with Gasteiger partial charge in [0.2, 0.25) is 0 Å². The Morgan fingerprint density at radius 1 is 1.11 bits per heavy atom. The van der Waals surface area contributed by atoms with Crippen molar-refractivity contribution in [2.75, 3.05) is 26.4 Å². The summed E-state index contributed by atoms with van der Waals surface area (Å²) in [7, 11) is 4.25. The lowest BCUT2D eigenvalue weighted by Gasteiger charge is -2.20. The van der Waals surface area contributed by atoms with E-state index in [0.717, 1.165) is 6.54 Å². The topological polar surface area (TPSA) is 15.3 Å². The van der Waals surface area contributed by atoms with Gasteiger partial charge in [0.15, 0.2) is 0 Å². The first-order valence-corrected chi connectivity index (χ1v) is 7.97. The van der Waals surface area contributed by atoms with Crippen LogP contribution in [0.5, 0.6) is 0 Å². The number of benzene rings is 1. The summed E-state index contributed by atoms with van der Waals surface area (Å²) in [6.45, 7) is 8.70. The molecule has 1 aromatic carbocycles. The highest BCUT2D eigenvalue weighted by Gasteiger charge is 2.08. The maximum absolute atomic E-state index is 3.51. The monoisotopic (exact) mass is 280 g/mol. The summed E-state index contributed by atoms with van der Waals surface area (Å²) >= 11 is 1.95. The zero-order valence-electron chi connectivity index (χ0n) is 13.0. The fraction of sp³-hybridized carbons (Fsp3) is 0.625. The van der Waals surface area contributed by atoms with Crippen molar-refractivity contribution in [1.29, 1.82) is 0 Å². The van der Waals surface area contributed by atoms with Crippen molar-refractivity contribution in [3.05, 3.63) is 29.8 Å². The molecule has 1 rings (SSSR count). The highest BCUT2D eigenvalue weighted by molar-refractivity contribution is 7.99. The molecule has 0 aliphatic carbocycles. The summed E-state index contributed by atoms with van der Waals surface area (Å²) in [6, 6.07) is 8.93. The van der Waals surface area contributed by atoms with E-state index in [1.807, 2.05) is 11.8 Å². The third-order valence-electron chi connectivity index (χ3n) is 2.76. The van der Waals surface area contributed by atoms with E-state index in [-0.39, 0.29) is 5.54 Å². The quantitative estimate of drug-likeness (QED) is 0.606. The molecule has 0 aliphatic heterocycles. The molecule has 1 aromatic rings. The van der Waals surface area contributed by atoms with E-state index >= 15 is 0 Å². The van der Waals surface area contributed by atoms with Crippen LogP contribution in [0.1, 0.15) is 32.8 Å². The van der Waals surface area contributed by atoms with Crippen LogP contribution in [0.3, 0.4) is 0 Å². The molecule has 1 N–H and O–H groups in total. The third kappa shape index (κ3) is 8.30. The van der Waals surface area contributed by atoms with Gasteiger partial charge in [0, 0.05) is 17.0 Å². The normalized spacial score (nSPS) is 12.1. The van der Waals surface area contributed by atoms with E-state index in [1.54, 1.807) is 0 Å². The standard InChI is InChI=1S/C16H28N2S/c1-16(2,3)17-13-14-7-9-15(10-8-14)19-12-6-11-18(4)5/h7-10,17H,6,11-13H2,1-5H3. The maximum atomic E-state index is 3.51. The van der Waals surface area contributed by atoms with Gasteiger partial charge in [0.05, 0.1) is 0 Å². The Kier molecular flexibility index (Phi) is 6.90. The SMILES string of the molecule is CN(C)CCCSc1ccc(CNC(C)(C)C)cc1. The van der Waals surface area contributed by atoms with Crippen LogP contribution in [0, 0.1) is 0 Å². The average molecular weight is 280 g/mol. The molecule has 0 unspecified atom stereocenters. The van der Waals surface area contributed by atoms with Crippen molar-refractivity contribution in [3.63, 3.8) is 0 Å². The number of hydrogen-bond donors (Lipinski definition) is 1. The zero-order valence-corrected chi connectivity index (χ0v) is 13.8. The average Bonchev–Trinajstić information content (AvgIpc) is 2.32. The molecule has 2 nitrogen and oxygen atoms in total. The first-order chi connectivity index (χ1) is 8.87. The molecule has 0 saturated carbocycles. The van der Waals surface area contributed by atoms with E-state index in [2.05, 4.69) is 69.3 Å². The van der Waals surface area contributed by atoms with Crippen LogP contribution in [-0.4, -0.2) is 36.8 Å². The van der Waals surface area contributed by atoms with E-state index in [4.69, 9.17) is 0 Å². The van der Waals surface area contributed by atoms with Crippen LogP contribution in [0.2, 0.25) is 0 Å². The molecule has 0 aromatic heterocycles. The minimum Gasteiger partial charge on any atom is -0.309 e. The molecule has 0 bridgehead atoms. The van der Waals surface area contributed by atoms with Gasteiger partial charge in [-0.2, -0.15) is 0 Å². The van der Waals surface area contributed by atoms with Crippen molar-refractivity contribution < 1.29 is 0 Å². The highest BCUT2D eigenvalue weighted by atomic mass is 32.2. The molecule has 0 heterocycles. The lowest BCUT2D eigenvalue weighted by molar-refractivity contribution is 0.410. The first kappa shape index (κ1) is 16.5. The van der Waals surface area contributed by atoms with Crippen molar-refractivity contribution in [3.8, 4) is 0 Å². The van der Waals surface area contributed by atoms with Gasteiger partial charge < -0.3 is 10.2 Å². The van der Waals surface area contributed by atoms with Crippen molar-refractivity contribution in [2.45, 2.75) is 44.2 Å². The minimum atomic E-state index is 0.180. The number of rotatable bonds is 7. The van der Waals surface area contributed by atoms with Gasteiger partial charge in [-0.25, -0.2) is 0 Å². The Morgan fingerprint density at radius 3 is 2.26 bits per heavy atom. The zero-order chi connectivity index (χ0) is 14.3. The van der Waals surface area contributed by atoms with E-state index in [0.29, 0.717) is 0 Å². The molecule has 0 fully saturated rings. The van der Waals surface area contributed by atoms with E-state index in [9.17, 15) is 0 Å². The predicted octanol–water partition coefficient (Wildman–Crippen LogP) is 3.62. The summed E-state index contributed by atoms with van der Waals surface area (Å²) in [5.74, 6) is 1.19. The second-order valence-electron chi connectivity index (χ2n) is 6.25. The van der Waals surface area contributed by atoms with E-state index in [1.165, 1.54) is 29.2 Å². The Bertz CT molecular complexity index is 352. The van der Waals surface area contributed by atoms with Gasteiger partial charge in [-0.05, 0) is 71.3 Å². The molecule has 3 heteroatoms. The van der Waals surface area contributed by atoms with Gasteiger partial charge >= 0.3 is 0 Å². The smallest absolute Gasteiger partial charge is 0.0210 e. The van der Waals surface area contributed by atoms with Gasteiger partial charge in [-0.1, -0.05) is 12.1 Å². The Morgan fingerprint density at radius 2 is 1.74 bits per heavy atom. The number of hydrogen-bond acceptors (Lipinski definition) is 3. The molecule has 108 valence electrons. The van der Waals surface area contributed by atoms with Crippen LogP contribution in [0.25, 0.3) is 0 Å². The highest BCUT2D eigenvalue weighted by Crippen LogP contribution is 2.19. The fourth-order valence-electron chi connectivity index (χ4n) is 1.64. The third-order valence-corrected chi connectivity index (χ3v) is 3.86. The van der Waals surface area contributed by atoms with Crippen LogP contribution < -0.4 is 5.32 Å². The lowest BCUT2D eigenvalue weighted by Crippen LogP contribution is -2.35. The molecule has 0 saturated heterocycles. The molecular formula is C16H28N2S. The van der Waals surface area contributed by atoms with Crippen molar-refractivity contribution >= 4 is 11.8 Å². The fourth-order valence-corrected chi connectivity index (χ4v) is 2.48. The molecule has 0 amide bonds. The van der Waals surface area contributed by atoms with Gasteiger partial charge in [0.1, 0.15) is 0 Å². The van der Waals surface area contributed by atoms with Gasteiger partial charge in [-0.3, -0.25) is 0 Å². The first-order valence-electron chi connectivity index (χ1n) is 6.98. The molecular weight excluding hydrogens is 252 g/mol. The van der Waals surface area contributed by atoms with Crippen molar-refractivity contribution in [1.82, 2.24) is 10.2 Å². The van der Waals surface area contributed by atoms with Crippen LogP contribution in [-0.2, 0) is 6.54 Å². The van der Waals surface area contributed by atoms with Gasteiger partial charge in [-0.15, -0.1) is 11.8 Å². The molecule has 0 radical (unpaired) electrons. The summed E-state index contributed by atoms with van der Waals surface area (Å²) in [5.41, 5.74) is 1.53. The van der Waals surface area contributed by atoms with E-state index < -0.39 is 0 Å². The molecule has 19 heavy (non-hydrogen) atoms. The molecule has 0 atom stereocenters. The second-order valence-corrected chi connectivity index (χ2v) is 7.42. The van der Waals surface area contributed by atoms with Crippen LogP contribution in [0.15, 0.2) is 29.2 Å². The largest absolute Gasteiger partial charge is 0.309 e. The molecule has 0 aliphatic rings. The minimum absolute atomic E-state index is 0.180. The van der Waals surface area contributed by atoms with Crippen molar-refractivity contribution in [2.24, 2.45) is 0 Å². The summed E-state index contributed by atoms with van der Waals surface area (Å²) in [5, 5.41) is 3.51. The maximum Gasteiger partial charge on any atom is 0.0210 e. The Hall–Kier alpha value is -0.510. The predicted molar refractivity (Wildman–Crippen MR) is 86.9 cm³/mol. The summed E-state index contributed by atoms with van der Waals surface area (Å²) < 4.78 is 0. The summed E-state index contributed by atoms with van der Waals surface area (Å²) in [6.07, 6.45) is 1.24. The van der Waals surface area contributed by atoms with Gasteiger partial charge in [0.25, 0.3) is 0 Å². The number of nitrogens with zero attached hydrogens (tertiary/aromatic N) is 1. The van der Waals surface area contributed by atoms with Crippen LogP contribution in [0.4, 0.5) is 0 Å².